The summed E-state index contributed by atoms with van der Waals surface area (Å²) in [5.41, 5.74) is 2.24. The van der Waals surface area contributed by atoms with Crippen molar-refractivity contribution in [1.29, 1.82) is 0 Å². The van der Waals surface area contributed by atoms with Gasteiger partial charge >= 0.3 is 5.97 Å². The van der Waals surface area contributed by atoms with Crippen LogP contribution >= 0.6 is 27.5 Å². The normalized spacial score (nSPS) is 13.1. The molecule has 182 valence electrons. The molecule has 2 N–H and O–H groups in total. The number of benzene rings is 3. The van der Waals surface area contributed by atoms with Gasteiger partial charge in [-0.2, -0.15) is 0 Å². The lowest BCUT2D eigenvalue weighted by atomic mass is 10.1. The fourth-order valence-electron chi connectivity index (χ4n) is 3.51. The molecule has 0 aromatic heterocycles. The minimum absolute atomic E-state index is 0.0918. The van der Waals surface area contributed by atoms with Crippen molar-refractivity contribution in [1.82, 2.24) is 0 Å². The van der Waals surface area contributed by atoms with Gasteiger partial charge in [-0.1, -0.05) is 45.7 Å². The smallest absolute Gasteiger partial charge is 0.337 e. The van der Waals surface area contributed by atoms with Crippen LogP contribution in [0.25, 0.3) is 0 Å². The molecule has 0 bridgehead atoms. The third kappa shape index (κ3) is 5.48. The number of carbonyl (C=O) groups is 4. The summed E-state index contributed by atoms with van der Waals surface area (Å²) in [6.07, 6.45) is 0.154. The second-order valence-corrected chi connectivity index (χ2v) is 9.02. The van der Waals surface area contributed by atoms with Gasteiger partial charge in [-0.3, -0.25) is 14.4 Å². The molecule has 1 aliphatic rings. The predicted octanol–water partition coefficient (Wildman–Crippen LogP) is 4.85. The number of esters is 1. The van der Waals surface area contributed by atoms with Crippen LogP contribution in [-0.2, 0) is 25.5 Å². The number of carbonyl (C=O) groups excluding carboxylic acids is 4. The number of amides is 3. The lowest BCUT2D eigenvalue weighted by molar-refractivity contribution is -0.120. The molecule has 3 aromatic carbocycles. The van der Waals surface area contributed by atoms with Crippen LogP contribution in [0.5, 0.6) is 0 Å². The van der Waals surface area contributed by atoms with Gasteiger partial charge in [0, 0.05) is 15.8 Å². The second kappa shape index (κ2) is 10.8. The van der Waals surface area contributed by atoms with Crippen LogP contribution in [0.15, 0.2) is 88.0 Å². The van der Waals surface area contributed by atoms with Crippen LogP contribution in [-0.4, -0.2) is 30.8 Å². The number of hydrogen-bond acceptors (Lipinski definition) is 6. The Labute approximate surface area is 220 Å². The number of anilines is 3. The van der Waals surface area contributed by atoms with Crippen molar-refractivity contribution >= 4 is 68.3 Å². The number of methoxy groups -OCH3 is 1. The van der Waals surface area contributed by atoms with Gasteiger partial charge in [0.05, 0.1) is 24.8 Å². The van der Waals surface area contributed by atoms with Gasteiger partial charge in [-0.05, 0) is 60.2 Å². The first-order valence-corrected chi connectivity index (χ1v) is 11.8. The molecule has 0 spiro atoms. The highest BCUT2D eigenvalue weighted by atomic mass is 79.9. The van der Waals surface area contributed by atoms with E-state index in [0.717, 1.165) is 14.9 Å². The van der Waals surface area contributed by atoms with Crippen LogP contribution in [0.3, 0.4) is 0 Å². The Kier molecular flexibility index (Phi) is 7.52. The number of imide groups is 1. The molecule has 0 fully saturated rings. The molecular formula is C26H19BrClN3O5. The first kappa shape index (κ1) is 25.2. The van der Waals surface area contributed by atoms with Gasteiger partial charge in [0.25, 0.3) is 11.8 Å². The minimum Gasteiger partial charge on any atom is -0.465 e. The summed E-state index contributed by atoms with van der Waals surface area (Å²) in [4.78, 5) is 50.8. The van der Waals surface area contributed by atoms with E-state index in [-0.39, 0.29) is 34.3 Å². The third-order valence-corrected chi connectivity index (χ3v) is 6.15. The molecule has 4 rings (SSSR count). The van der Waals surface area contributed by atoms with Gasteiger partial charge in [-0.15, -0.1) is 0 Å². The Bertz CT molecular complexity index is 1390. The van der Waals surface area contributed by atoms with Crippen molar-refractivity contribution in [3.05, 3.63) is 99.1 Å². The summed E-state index contributed by atoms with van der Waals surface area (Å²) in [7, 11) is 1.24. The fourth-order valence-corrected chi connectivity index (χ4v) is 3.99. The standard InChI is InChI=1S/C26H19BrClN3O5/c1-36-26(35)16-3-2-4-20(14-16)31-24(33)22(28)23(25(31)34)30-19-9-5-15(6-10-19)13-21(32)29-18-11-7-17(27)8-12-18/h2-12,14,30H,13H2,1H3,(H,29,32). The van der Waals surface area contributed by atoms with E-state index in [1.165, 1.54) is 31.4 Å². The zero-order valence-electron chi connectivity index (χ0n) is 18.9. The Balaban J connectivity index is 1.43. The van der Waals surface area contributed by atoms with E-state index in [1.807, 2.05) is 12.1 Å². The largest absolute Gasteiger partial charge is 0.465 e. The number of nitrogens with zero attached hydrogens (tertiary/aromatic N) is 1. The van der Waals surface area contributed by atoms with Gasteiger partial charge in [0.2, 0.25) is 5.91 Å². The van der Waals surface area contributed by atoms with E-state index >= 15 is 0 Å². The zero-order valence-corrected chi connectivity index (χ0v) is 21.2. The van der Waals surface area contributed by atoms with Crippen molar-refractivity contribution in [3.8, 4) is 0 Å². The highest BCUT2D eigenvalue weighted by Crippen LogP contribution is 2.30. The molecule has 1 heterocycles. The molecule has 0 aliphatic carbocycles. The Morgan fingerprint density at radius 3 is 2.28 bits per heavy atom. The van der Waals surface area contributed by atoms with E-state index in [0.29, 0.717) is 11.4 Å². The van der Waals surface area contributed by atoms with Crippen molar-refractivity contribution < 1.29 is 23.9 Å². The van der Waals surface area contributed by atoms with Crippen molar-refractivity contribution in [3.63, 3.8) is 0 Å². The summed E-state index contributed by atoms with van der Waals surface area (Å²) < 4.78 is 5.61. The summed E-state index contributed by atoms with van der Waals surface area (Å²) >= 11 is 9.54. The second-order valence-electron chi connectivity index (χ2n) is 7.73. The molecule has 0 saturated heterocycles. The molecule has 0 saturated carbocycles. The molecule has 3 amide bonds. The van der Waals surface area contributed by atoms with Crippen LogP contribution in [0, 0.1) is 0 Å². The quantitative estimate of drug-likeness (QED) is 0.312. The van der Waals surface area contributed by atoms with Gasteiger partial charge in [0.1, 0.15) is 10.7 Å². The molecule has 1 aliphatic heterocycles. The lowest BCUT2D eigenvalue weighted by Gasteiger charge is -2.16. The average Bonchev–Trinajstić information content (AvgIpc) is 3.09. The molecule has 0 radical (unpaired) electrons. The highest BCUT2D eigenvalue weighted by molar-refractivity contribution is 9.10. The van der Waals surface area contributed by atoms with Crippen molar-refractivity contribution in [2.45, 2.75) is 6.42 Å². The van der Waals surface area contributed by atoms with E-state index in [1.54, 1.807) is 36.4 Å². The van der Waals surface area contributed by atoms with E-state index in [2.05, 4.69) is 26.6 Å². The van der Waals surface area contributed by atoms with E-state index in [4.69, 9.17) is 16.3 Å². The summed E-state index contributed by atoms with van der Waals surface area (Å²) in [6.45, 7) is 0. The van der Waals surface area contributed by atoms with Crippen LogP contribution < -0.4 is 15.5 Å². The summed E-state index contributed by atoms with van der Waals surface area (Å²) in [5, 5.41) is 5.43. The molecule has 8 nitrogen and oxygen atoms in total. The van der Waals surface area contributed by atoms with Crippen LogP contribution in [0.1, 0.15) is 15.9 Å². The SMILES string of the molecule is COC(=O)c1cccc(N2C(=O)C(Cl)=C(Nc3ccc(CC(=O)Nc4ccc(Br)cc4)cc3)C2=O)c1. The highest BCUT2D eigenvalue weighted by Gasteiger charge is 2.39. The summed E-state index contributed by atoms with van der Waals surface area (Å²) in [5.74, 6) is -2.15. The van der Waals surface area contributed by atoms with Gasteiger partial charge in [-0.25, -0.2) is 9.69 Å². The van der Waals surface area contributed by atoms with Crippen LogP contribution in [0.4, 0.5) is 17.1 Å². The maximum atomic E-state index is 13.0. The predicted molar refractivity (Wildman–Crippen MR) is 140 cm³/mol. The van der Waals surface area contributed by atoms with Crippen molar-refractivity contribution in [2.24, 2.45) is 0 Å². The van der Waals surface area contributed by atoms with E-state index < -0.39 is 17.8 Å². The number of ether oxygens (including phenoxy) is 1. The fraction of sp³-hybridized carbons (Fsp3) is 0.0769. The van der Waals surface area contributed by atoms with Crippen molar-refractivity contribution in [2.75, 3.05) is 22.6 Å². The van der Waals surface area contributed by atoms with Gasteiger partial charge in [0.15, 0.2) is 0 Å². The molecule has 36 heavy (non-hydrogen) atoms. The zero-order chi connectivity index (χ0) is 25.8. The average molecular weight is 569 g/mol. The number of nitrogens with one attached hydrogen (secondary N) is 2. The molecule has 0 unspecified atom stereocenters. The Morgan fingerprint density at radius 2 is 1.61 bits per heavy atom. The number of hydrogen-bond donors (Lipinski definition) is 2. The monoisotopic (exact) mass is 567 g/mol. The Hall–Kier alpha value is -3.95. The Morgan fingerprint density at radius 1 is 0.944 bits per heavy atom. The third-order valence-electron chi connectivity index (χ3n) is 5.27. The van der Waals surface area contributed by atoms with Gasteiger partial charge < -0.3 is 15.4 Å². The molecule has 10 heteroatoms. The maximum Gasteiger partial charge on any atom is 0.337 e. The molecule has 3 aromatic rings. The maximum absolute atomic E-state index is 13.0. The first-order chi connectivity index (χ1) is 17.3. The number of rotatable bonds is 7. The molecule has 0 atom stereocenters. The summed E-state index contributed by atoms with van der Waals surface area (Å²) in [6, 6.07) is 20.0. The topological polar surface area (TPSA) is 105 Å². The first-order valence-electron chi connectivity index (χ1n) is 10.6. The van der Waals surface area contributed by atoms with Crippen LogP contribution in [0.2, 0.25) is 0 Å². The molecular weight excluding hydrogens is 550 g/mol. The number of halogens is 2. The minimum atomic E-state index is -0.715. The lowest BCUT2D eigenvalue weighted by Crippen LogP contribution is -2.32. The van der Waals surface area contributed by atoms with E-state index in [9.17, 15) is 19.2 Å².